The number of benzene rings is 3. The molecular formula is C39H39ClN2O4. The molecule has 1 saturated heterocycles. The molecule has 0 atom stereocenters. The first-order chi connectivity index (χ1) is 22.2. The summed E-state index contributed by atoms with van der Waals surface area (Å²) in [4.78, 5) is 40.9. The molecule has 2 heterocycles. The molecule has 3 aromatic carbocycles. The molecular weight excluding hydrogens is 596 g/mol. The van der Waals surface area contributed by atoms with Gasteiger partial charge in [0, 0.05) is 36.3 Å². The number of halogens is 1. The number of allylic oxidation sites excluding steroid dienone is 2. The van der Waals surface area contributed by atoms with E-state index in [-0.39, 0.29) is 17.1 Å². The molecule has 2 aliphatic rings. The lowest BCUT2D eigenvalue weighted by Crippen LogP contribution is -2.35. The number of nitrogens with zero attached hydrogens (tertiary/aromatic N) is 1. The summed E-state index contributed by atoms with van der Waals surface area (Å²) in [5, 5.41) is 4.10. The molecule has 236 valence electrons. The molecule has 6 rings (SSSR count). The van der Waals surface area contributed by atoms with E-state index in [1.54, 1.807) is 12.1 Å². The Morgan fingerprint density at radius 2 is 1.70 bits per heavy atom. The summed E-state index contributed by atoms with van der Waals surface area (Å²) in [5.41, 5.74) is 7.45. The summed E-state index contributed by atoms with van der Waals surface area (Å²) >= 11 is 6.12. The van der Waals surface area contributed by atoms with Gasteiger partial charge in [0.05, 0.1) is 5.39 Å². The fourth-order valence-electron chi connectivity index (χ4n) is 6.54. The first-order valence-electron chi connectivity index (χ1n) is 16.1. The van der Waals surface area contributed by atoms with Crippen LogP contribution in [0.15, 0.2) is 93.3 Å². The van der Waals surface area contributed by atoms with Crippen LogP contribution in [0.2, 0.25) is 5.02 Å². The van der Waals surface area contributed by atoms with Crippen molar-refractivity contribution in [2.45, 2.75) is 71.3 Å². The van der Waals surface area contributed by atoms with Gasteiger partial charge >= 0.3 is 0 Å². The van der Waals surface area contributed by atoms with Crippen molar-refractivity contribution in [2.75, 3.05) is 6.54 Å². The van der Waals surface area contributed by atoms with Crippen LogP contribution in [0.25, 0.3) is 17.0 Å². The van der Waals surface area contributed by atoms with Gasteiger partial charge in [-0.3, -0.25) is 14.4 Å². The first-order valence-corrected chi connectivity index (χ1v) is 16.5. The topological polar surface area (TPSA) is 79.6 Å². The zero-order valence-corrected chi connectivity index (χ0v) is 27.2. The number of carbonyl (C=O) groups is 2. The average molecular weight is 635 g/mol. The zero-order chi connectivity index (χ0) is 32.2. The number of hydrogen-bond donors (Lipinski definition) is 1. The van der Waals surface area contributed by atoms with E-state index in [1.165, 1.54) is 22.8 Å². The van der Waals surface area contributed by atoms with Gasteiger partial charge in [-0.1, -0.05) is 53.6 Å². The third kappa shape index (κ3) is 7.34. The van der Waals surface area contributed by atoms with E-state index in [4.69, 9.17) is 16.0 Å². The summed E-state index contributed by atoms with van der Waals surface area (Å²) in [6.07, 6.45) is 10.4. The number of piperidine rings is 1. The fraction of sp³-hybridized carbons (Fsp3) is 0.308. The Labute approximate surface area is 274 Å². The van der Waals surface area contributed by atoms with Crippen LogP contribution in [0, 0.1) is 13.8 Å². The molecule has 1 aromatic heterocycles. The Balaban J connectivity index is 1.22. The number of aryl methyl sites for hydroxylation is 2. The molecule has 0 unspecified atom stereocenters. The Morgan fingerprint density at radius 1 is 0.957 bits per heavy atom. The Kier molecular flexibility index (Phi) is 9.55. The maximum Gasteiger partial charge on any atom is 0.291 e. The molecule has 0 spiro atoms. The number of hydrogen-bond acceptors (Lipinski definition) is 4. The van der Waals surface area contributed by atoms with Gasteiger partial charge in [-0.15, -0.1) is 0 Å². The quantitative estimate of drug-likeness (QED) is 0.221. The third-order valence-electron chi connectivity index (χ3n) is 9.28. The average Bonchev–Trinajstić information content (AvgIpc) is 3.05. The van der Waals surface area contributed by atoms with Crippen LogP contribution < -0.4 is 10.7 Å². The minimum absolute atomic E-state index is 0.0336. The van der Waals surface area contributed by atoms with Crippen LogP contribution in [-0.4, -0.2) is 23.3 Å². The maximum absolute atomic E-state index is 13.5. The van der Waals surface area contributed by atoms with Crippen LogP contribution in [0.4, 0.5) is 0 Å². The van der Waals surface area contributed by atoms with Gasteiger partial charge < -0.3 is 14.6 Å². The molecule has 0 bridgehead atoms. The lowest BCUT2D eigenvalue weighted by molar-refractivity contribution is -0.133. The number of carbonyl (C=O) groups excluding carboxylic acids is 2. The summed E-state index contributed by atoms with van der Waals surface area (Å²) in [5.74, 6) is 0.147. The number of nitrogens with one attached hydrogen (secondary N) is 1. The van der Waals surface area contributed by atoms with Crippen molar-refractivity contribution < 1.29 is 14.0 Å². The van der Waals surface area contributed by atoms with E-state index in [0.29, 0.717) is 40.6 Å². The number of likely N-dealkylation sites (tertiary alicyclic amines) is 1. The molecule has 0 radical (unpaired) electrons. The molecule has 4 aromatic rings. The minimum atomic E-state index is -0.482. The van der Waals surface area contributed by atoms with E-state index < -0.39 is 5.91 Å². The lowest BCUT2D eigenvalue weighted by Gasteiger charge is -2.30. The van der Waals surface area contributed by atoms with Crippen molar-refractivity contribution in [1.29, 1.82) is 0 Å². The second-order valence-corrected chi connectivity index (χ2v) is 13.0. The van der Waals surface area contributed by atoms with E-state index in [1.807, 2.05) is 55.2 Å². The first kappa shape index (κ1) is 31.6. The van der Waals surface area contributed by atoms with Gasteiger partial charge in [0.2, 0.25) is 5.91 Å². The Morgan fingerprint density at radius 3 is 2.46 bits per heavy atom. The lowest BCUT2D eigenvalue weighted by atomic mass is 9.79. The minimum Gasteiger partial charge on any atom is -0.451 e. The molecule has 1 saturated carbocycles. The summed E-state index contributed by atoms with van der Waals surface area (Å²) in [7, 11) is 0. The molecule has 46 heavy (non-hydrogen) atoms. The third-order valence-corrected chi connectivity index (χ3v) is 9.53. The summed E-state index contributed by atoms with van der Waals surface area (Å²) in [6, 6.07) is 20.8. The molecule has 1 N–H and O–H groups in total. The van der Waals surface area contributed by atoms with Gasteiger partial charge in [0.1, 0.15) is 5.58 Å². The highest BCUT2D eigenvalue weighted by atomic mass is 35.5. The standard InChI is InChI=1S/C39H39ClN2O4/c1-25-19-34-35(43)23-37(46-36(34)20-26(25)2)39(45)41-32(22-28-12-16-31(40)17-13-28)21-27-10-14-29(15-11-27)33-8-4-3-7-30(33)24-42-18-6-5-9-38(42)44/h3-4,7-8,12-13,16-17,19-23,29H,5-6,9-11,14-15,18,24H2,1-2H3,(H,41,45)/b27-21?,32-22-. The van der Waals surface area contributed by atoms with Crippen LogP contribution in [-0.2, 0) is 11.3 Å². The highest BCUT2D eigenvalue weighted by Gasteiger charge is 2.24. The SMILES string of the molecule is Cc1cc2oc(C(=O)N/C(C=C3CCC(c4ccccc4CN4CCCCC4=O)CC3)=C\c3ccc(Cl)cc3)cc(=O)c2cc1C. The van der Waals surface area contributed by atoms with Crippen molar-refractivity contribution in [3.8, 4) is 0 Å². The van der Waals surface area contributed by atoms with Crippen LogP contribution in [0.5, 0.6) is 0 Å². The van der Waals surface area contributed by atoms with E-state index in [0.717, 1.165) is 61.8 Å². The summed E-state index contributed by atoms with van der Waals surface area (Å²) < 4.78 is 5.93. The van der Waals surface area contributed by atoms with Crippen LogP contribution in [0.3, 0.4) is 0 Å². The van der Waals surface area contributed by atoms with Crippen molar-refractivity contribution in [1.82, 2.24) is 10.2 Å². The van der Waals surface area contributed by atoms with Gasteiger partial charge in [-0.05, 0) is 123 Å². The monoisotopic (exact) mass is 634 g/mol. The Hall–Kier alpha value is -4.42. The second-order valence-electron chi connectivity index (χ2n) is 12.6. The van der Waals surface area contributed by atoms with Crippen molar-refractivity contribution in [3.63, 3.8) is 0 Å². The molecule has 6 nitrogen and oxygen atoms in total. The number of fused-ring (bicyclic) bond motifs is 1. The summed E-state index contributed by atoms with van der Waals surface area (Å²) in [6.45, 7) is 5.41. The predicted octanol–water partition coefficient (Wildman–Crippen LogP) is 8.63. The normalized spacial score (nSPS) is 17.3. The van der Waals surface area contributed by atoms with Gasteiger partial charge in [-0.2, -0.15) is 0 Å². The van der Waals surface area contributed by atoms with Crippen molar-refractivity contribution in [2.24, 2.45) is 0 Å². The van der Waals surface area contributed by atoms with Gasteiger partial charge in [-0.25, -0.2) is 0 Å². The largest absolute Gasteiger partial charge is 0.451 e. The number of rotatable bonds is 7. The molecule has 2 fully saturated rings. The molecule has 2 amide bonds. The molecule has 7 heteroatoms. The highest BCUT2D eigenvalue weighted by Crippen LogP contribution is 2.38. The van der Waals surface area contributed by atoms with Crippen molar-refractivity contribution >= 4 is 40.5 Å². The smallest absolute Gasteiger partial charge is 0.291 e. The predicted molar refractivity (Wildman–Crippen MR) is 184 cm³/mol. The fourth-order valence-corrected chi connectivity index (χ4v) is 6.67. The van der Waals surface area contributed by atoms with Crippen LogP contribution in [0.1, 0.15) is 89.2 Å². The number of amides is 2. The Bertz CT molecular complexity index is 1890. The van der Waals surface area contributed by atoms with Gasteiger partial charge in [0.25, 0.3) is 5.91 Å². The highest BCUT2D eigenvalue weighted by molar-refractivity contribution is 6.30. The van der Waals surface area contributed by atoms with E-state index in [9.17, 15) is 14.4 Å². The molecule has 1 aliphatic heterocycles. The van der Waals surface area contributed by atoms with Crippen LogP contribution >= 0.6 is 11.6 Å². The zero-order valence-electron chi connectivity index (χ0n) is 26.4. The van der Waals surface area contributed by atoms with E-state index >= 15 is 0 Å². The second kappa shape index (κ2) is 13.9. The van der Waals surface area contributed by atoms with E-state index in [2.05, 4.69) is 29.6 Å². The van der Waals surface area contributed by atoms with Crippen molar-refractivity contribution in [3.05, 3.63) is 133 Å². The van der Waals surface area contributed by atoms with Gasteiger partial charge in [0.15, 0.2) is 11.2 Å². The maximum atomic E-state index is 13.5. The molecule has 1 aliphatic carbocycles.